The van der Waals surface area contributed by atoms with Crippen molar-refractivity contribution in [3.63, 3.8) is 0 Å². The van der Waals surface area contributed by atoms with Gasteiger partial charge in [0.2, 0.25) is 0 Å². The molecule has 124 valence electrons. The summed E-state index contributed by atoms with van der Waals surface area (Å²) in [5.41, 5.74) is 2.31. The predicted octanol–water partition coefficient (Wildman–Crippen LogP) is 3.38. The van der Waals surface area contributed by atoms with Gasteiger partial charge in [-0.2, -0.15) is 5.10 Å². The Balaban J connectivity index is 1.95. The van der Waals surface area contributed by atoms with Crippen LogP contribution in [-0.2, 0) is 4.74 Å². The maximum absolute atomic E-state index is 11.9. The summed E-state index contributed by atoms with van der Waals surface area (Å²) in [7, 11) is 0. The highest BCUT2D eigenvalue weighted by molar-refractivity contribution is 6.30. The maximum Gasteiger partial charge on any atom is 0.319 e. The summed E-state index contributed by atoms with van der Waals surface area (Å²) >= 11 is 6.00. The number of nitrogens with one attached hydrogen (secondary N) is 2. The van der Waals surface area contributed by atoms with Gasteiger partial charge in [-0.25, -0.2) is 9.48 Å². The van der Waals surface area contributed by atoms with E-state index in [2.05, 4.69) is 15.7 Å². The van der Waals surface area contributed by atoms with Crippen LogP contribution in [0.4, 0.5) is 10.5 Å². The van der Waals surface area contributed by atoms with E-state index in [9.17, 15) is 4.79 Å². The van der Waals surface area contributed by atoms with Crippen molar-refractivity contribution in [3.8, 4) is 5.69 Å². The Labute approximate surface area is 140 Å². The molecule has 0 aliphatic carbocycles. The van der Waals surface area contributed by atoms with Crippen molar-refractivity contribution in [2.24, 2.45) is 0 Å². The van der Waals surface area contributed by atoms with Crippen molar-refractivity contribution in [2.45, 2.75) is 26.9 Å². The lowest BCUT2D eigenvalue weighted by atomic mass is 10.3. The molecule has 0 unspecified atom stereocenters. The Morgan fingerprint density at radius 3 is 2.91 bits per heavy atom. The van der Waals surface area contributed by atoms with Crippen LogP contribution >= 0.6 is 11.6 Å². The number of carbonyl (C=O) groups is 1. The molecule has 0 atom stereocenters. The van der Waals surface area contributed by atoms with E-state index in [-0.39, 0.29) is 12.1 Å². The zero-order valence-corrected chi connectivity index (χ0v) is 14.2. The number of nitrogens with zero attached hydrogens (tertiary/aromatic N) is 2. The van der Waals surface area contributed by atoms with Crippen molar-refractivity contribution in [2.75, 3.05) is 18.5 Å². The third kappa shape index (κ3) is 4.97. The molecule has 0 saturated heterocycles. The predicted molar refractivity (Wildman–Crippen MR) is 91.4 cm³/mol. The first-order valence-electron chi connectivity index (χ1n) is 7.44. The van der Waals surface area contributed by atoms with Gasteiger partial charge in [0.05, 0.1) is 36.0 Å². The van der Waals surface area contributed by atoms with Gasteiger partial charge in [-0.15, -0.1) is 0 Å². The Bertz CT molecular complexity index is 670. The maximum atomic E-state index is 11.9. The zero-order valence-electron chi connectivity index (χ0n) is 13.5. The van der Waals surface area contributed by atoms with Gasteiger partial charge in [0.25, 0.3) is 0 Å². The fraction of sp³-hybridized carbons (Fsp3) is 0.375. The number of benzene rings is 1. The van der Waals surface area contributed by atoms with Crippen LogP contribution in [0.5, 0.6) is 0 Å². The van der Waals surface area contributed by atoms with Crippen molar-refractivity contribution >= 4 is 23.3 Å². The van der Waals surface area contributed by atoms with Crippen LogP contribution in [0.2, 0.25) is 5.02 Å². The van der Waals surface area contributed by atoms with E-state index in [4.69, 9.17) is 16.3 Å². The normalized spacial score (nSPS) is 10.8. The molecule has 1 aromatic carbocycles. The molecule has 6 nitrogen and oxygen atoms in total. The van der Waals surface area contributed by atoms with Crippen LogP contribution in [0.3, 0.4) is 0 Å². The minimum absolute atomic E-state index is 0.151. The van der Waals surface area contributed by atoms with E-state index >= 15 is 0 Å². The first-order valence-corrected chi connectivity index (χ1v) is 7.82. The number of urea groups is 1. The Hall–Kier alpha value is -2.05. The second-order valence-corrected chi connectivity index (χ2v) is 5.77. The quantitative estimate of drug-likeness (QED) is 0.794. The molecule has 1 heterocycles. The van der Waals surface area contributed by atoms with Crippen LogP contribution in [0.1, 0.15) is 19.5 Å². The van der Waals surface area contributed by atoms with Crippen LogP contribution in [0.25, 0.3) is 5.69 Å². The average Bonchev–Trinajstić information content (AvgIpc) is 2.85. The lowest BCUT2D eigenvalue weighted by Crippen LogP contribution is -2.32. The molecule has 1 aromatic heterocycles. The number of hydrogen-bond acceptors (Lipinski definition) is 3. The van der Waals surface area contributed by atoms with E-state index in [1.165, 1.54) is 0 Å². The lowest BCUT2D eigenvalue weighted by Gasteiger charge is -2.10. The highest BCUT2D eigenvalue weighted by atomic mass is 35.5. The molecule has 23 heavy (non-hydrogen) atoms. The molecule has 2 amide bonds. The van der Waals surface area contributed by atoms with Crippen molar-refractivity contribution < 1.29 is 9.53 Å². The SMILES string of the molecule is Cc1c(NC(=O)NCCOC(C)C)cnn1-c1cccc(Cl)c1. The number of ether oxygens (including phenoxy) is 1. The minimum Gasteiger partial charge on any atom is -0.377 e. The molecule has 0 aliphatic heterocycles. The van der Waals surface area contributed by atoms with E-state index in [1.807, 2.05) is 39.0 Å². The van der Waals surface area contributed by atoms with Crippen LogP contribution in [0, 0.1) is 6.92 Å². The topological polar surface area (TPSA) is 68.2 Å². The fourth-order valence-corrected chi connectivity index (χ4v) is 2.21. The molecular formula is C16H21ClN4O2. The minimum atomic E-state index is -0.286. The number of amides is 2. The average molecular weight is 337 g/mol. The summed E-state index contributed by atoms with van der Waals surface area (Å²) in [6, 6.07) is 7.09. The van der Waals surface area contributed by atoms with Gasteiger partial charge in [0.1, 0.15) is 0 Å². The van der Waals surface area contributed by atoms with Gasteiger partial charge in [-0.1, -0.05) is 17.7 Å². The standard InChI is InChI=1S/C16H21ClN4O2/c1-11(2)23-8-7-18-16(22)20-15-10-19-21(12(15)3)14-6-4-5-13(17)9-14/h4-6,9-11H,7-8H2,1-3H3,(H2,18,20,22). The van der Waals surface area contributed by atoms with Crippen molar-refractivity contribution in [1.82, 2.24) is 15.1 Å². The Morgan fingerprint density at radius 2 is 2.22 bits per heavy atom. The van der Waals surface area contributed by atoms with Crippen LogP contribution in [0.15, 0.2) is 30.5 Å². The molecule has 0 spiro atoms. The van der Waals surface area contributed by atoms with Gasteiger partial charge in [0.15, 0.2) is 0 Å². The molecule has 2 rings (SSSR count). The summed E-state index contributed by atoms with van der Waals surface area (Å²) in [5.74, 6) is 0. The van der Waals surface area contributed by atoms with Crippen molar-refractivity contribution in [1.29, 1.82) is 0 Å². The summed E-state index contributed by atoms with van der Waals surface area (Å²) in [6.45, 7) is 6.71. The van der Waals surface area contributed by atoms with Crippen LogP contribution in [-0.4, -0.2) is 35.1 Å². The largest absolute Gasteiger partial charge is 0.377 e. The van der Waals surface area contributed by atoms with Gasteiger partial charge in [-0.3, -0.25) is 0 Å². The van der Waals surface area contributed by atoms with E-state index in [1.54, 1.807) is 16.9 Å². The van der Waals surface area contributed by atoms with Gasteiger partial charge < -0.3 is 15.4 Å². The van der Waals surface area contributed by atoms with Gasteiger partial charge in [0, 0.05) is 11.6 Å². The summed E-state index contributed by atoms with van der Waals surface area (Å²) in [4.78, 5) is 11.9. The van der Waals surface area contributed by atoms with Gasteiger partial charge >= 0.3 is 6.03 Å². The third-order valence-electron chi connectivity index (χ3n) is 3.15. The highest BCUT2D eigenvalue weighted by Crippen LogP contribution is 2.20. The monoisotopic (exact) mass is 336 g/mol. The molecular weight excluding hydrogens is 316 g/mol. The number of aromatic nitrogens is 2. The number of anilines is 1. The number of carbonyl (C=O) groups excluding carboxylic acids is 1. The smallest absolute Gasteiger partial charge is 0.319 e. The summed E-state index contributed by atoms with van der Waals surface area (Å²) in [5, 5.41) is 10.4. The molecule has 0 bridgehead atoms. The van der Waals surface area contributed by atoms with E-state index < -0.39 is 0 Å². The van der Waals surface area contributed by atoms with Crippen LogP contribution < -0.4 is 10.6 Å². The number of halogens is 1. The molecule has 0 saturated carbocycles. The molecule has 2 N–H and O–H groups in total. The second-order valence-electron chi connectivity index (χ2n) is 5.34. The highest BCUT2D eigenvalue weighted by Gasteiger charge is 2.11. The van der Waals surface area contributed by atoms with Gasteiger partial charge in [-0.05, 0) is 39.0 Å². The molecule has 7 heteroatoms. The fourth-order valence-electron chi connectivity index (χ4n) is 2.03. The first-order chi connectivity index (χ1) is 11.0. The summed E-state index contributed by atoms with van der Waals surface area (Å²) < 4.78 is 7.09. The Kier molecular flexibility index (Phi) is 6.01. The first kappa shape index (κ1) is 17.3. The molecule has 2 aromatic rings. The second kappa shape index (κ2) is 7.99. The summed E-state index contributed by atoms with van der Waals surface area (Å²) in [6.07, 6.45) is 1.76. The van der Waals surface area contributed by atoms with E-state index in [0.29, 0.717) is 23.9 Å². The number of hydrogen-bond donors (Lipinski definition) is 2. The number of rotatable bonds is 6. The van der Waals surface area contributed by atoms with E-state index in [0.717, 1.165) is 11.4 Å². The molecule has 0 radical (unpaired) electrons. The van der Waals surface area contributed by atoms with Crippen molar-refractivity contribution in [3.05, 3.63) is 41.2 Å². The Morgan fingerprint density at radius 1 is 1.43 bits per heavy atom. The lowest BCUT2D eigenvalue weighted by molar-refractivity contribution is 0.0820. The third-order valence-corrected chi connectivity index (χ3v) is 3.38. The molecule has 0 fully saturated rings. The zero-order chi connectivity index (χ0) is 16.8. The molecule has 0 aliphatic rings.